The van der Waals surface area contributed by atoms with Gasteiger partial charge >= 0.3 is 0 Å². The van der Waals surface area contributed by atoms with E-state index in [1.54, 1.807) is 42.7 Å². The fourth-order valence-electron chi connectivity index (χ4n) is 2.29. The summed E-state index contributed by atoms with van der Waals surface area (Å²) in [6.45, 7) is 0.491. The average molecular weight is 354 g/mol. The predicted molar refractivity (Wildman–Crippen MR) is 92.5 cm³/mol. The molecule has 132 valence electrons. The lowest BCUT2D eigenvalue weighted by Crippen LogP contribution is -2.22. The van der Waals surface area contributed by atoms with E-state index in [1.165, 1.54) is 6.07 Å². The van der Waals surface area contributed by atoms with Gasteiger partial charge in [0.2, 0.25) is 0 Å². The maximum Gasteiger partial charge on any atom is 0.251 e. The molecule has 3 aromatic rings. The van der Waals surface area contributed by atoms with Gasteiger partial charge in [-0.1, -0.05) is 12.1 Å². The van der Waals surface area contributed by atoms with Crippen LogP contribution in [-0.2, 0) is 13.2 Å². The number of pyridine rings is 1. The van der Waals surface area contributed by atoms with E-state index in [0.717, 1.165) is 17.7 Å². The molecular weight excluding hydrogens is 338 g/mol. The number of carbonyl (C=O) groups excluding carboxylic acids is 1. The Labute approximate surface area is 149 Å². The number of carbonyl (C=O) groups is 1. The second kappa shape index (κ2) is 8.20. The van der Waals surface area contributed by atoms with Gasteiger partial charge < -0.3 is 10.1 Å². The number of rotatable bonds is 6. The molecule has 0 atom stereocenters. The summed E-state index contributed by atoms with van der Waals surface area (Å²) in [6, 6.07) is 13.9. The molecule has 0 spiro atoms. The molecule has 4 nitrogen and oxygen atoms in total. The van der Waals surface area contributed by atoms with Crippen LogP contribution >= 0.6 is 0 Å². The Morgan fingerprint density at radius 1 is 1.00 bits per heavy atom. The number of hydrogen-bond donors (Lipinski definition) is 1. The minimum atomic E-state index is -0.910. The standard InChI is InChI=1S/C20H16F2N2O2/c21-18-8-3-14(10-19(18)22)13-26-17-6-4-16(5-7-17)20(25)24-12-15-2-1-9-23-11-15/h1-11H,12-13H2,(H,24,25). The molecule has 0 unspecified atom stereocenters. The van der Waals surface area contributed by atoms with Crippen LogP contribution in [0.1, 0.15) is 21.5 Å². The molecule has 1 amide bonds. The number of nitrogens with zero attached hydrogens (tertiary/aromatic N) is 1. The molecule has 3 rings (SSSR count). The van der Waals surface area contributed by atoms with Gasteiger partial charge in [-0.15, -0.1) is 0 Å². The van der Waals surface area contributed by atoms with E-state index in [4.69, 9.17) is 4.74 Å². The van der Waals surface area contributed by atoms with E-state index >= 15 is 0 Å². The Balaban J connectivity index is 1.54. The molecule has 0 aliphatic carbocycles. The number of hydrogen-bond acceptors (Lipinski definition) is 3. The van der Waals surface area contributed by atoms with Crippen molar-refractivity contribution in [2.24, 2.45) is 0 Å². The van der Waals surface area contributed by atoms with Gasteiger partial charge in [-0.25, -0.2) is 8.78 Å². The normalized spacial score (nSPS) is 10.4. The van der Waals surface area contributed by atoms with Gasteiger partial charge in [0.1, 0.15) is 12.4 Å². The lowest BCUT2D eigenvalue weighted by Gasteiger charge is -2.08. The van der Waals surface area contributed by atoms with E-state index in [-0.39, 0.29) is 12.5 Å². The number of ether oxygens (including phenoxy) is 1. The first-order valence-electron chi connectivity index (χ1n) is 7.96. The molecule has 0 aliphatic heterocycles. The molecule has 0 fully saturated rings. The predicted octanol–water partition coefficient (Wildman–Crippen LogP) is 3.87. The van der Waals surface area contributed by atoms with Crippen LogP contribution in [0.4, 0.5) is 8.78 Å². The van der Waals surface area contributed by atoms with Crippen LogP contribution in [0.25, 0.3) is 0 Å². The Morgan fingerprint density at radius 2 is 1.81 bits per heavy atom. The highest BCUT2D eigenvalue weighted by atomic mass is 19.2. The highest BCUT2D eigenvalue weighted by Gasteiger charge is 2.07. The van der Waals surface area contributed by atoms with Crippen molar-refractivity contribution in [3.63, 3.8) is 0 Å². The summed E-state index contributed by atoms with van der Waals surface area (Å²) in [5, 5.41) is 2.81. The molecule has 0 saturated carbocycles. The molecule has 0 aliphatic rings. The van der Waals surface area contributed by atoms with Crippen LogP contribution in [0.3, 0.4) is 0 Å². The van der Waals surface area contributed by atoms with Gasteiger partial charge in [-0.3, -0.25) is 9.78 Å². The van der Waals surface area contributed by atoms with Gasteiger partial charge in [-0.2, -0.15) is 0 Å². The van der Waals surface area contributed by atoms with Crippen LogP contribution in [0.15, 0.2) is 67.0 Å². The van der Waals surface area contributed by atoms with E-state index in [0.29, 0.717) is 23.4 Å². The summed E-state index contributed by atoms with van der Waals surface area (Å²) in [5.41, 5.74) is 1.92. The smallest absolute Gasteiger partial charge is 0.251 e. The maximum absolute atomic E-state index is 13.2. The molecule has 1 N–H and O–H groups in total. The Hall–Kier alpha value is -3.28. The van der Waals surface area contributed by atoms with E-state index in [1.807, 2.05) is 6.07 Å². The number of nitrogens with one attached hydrogen (secondary N) is 1. The third kappa shape index (κ3) is 4.63. The number of halogens is 2. The highest BCUT2D eigenvalue weighted by molar-refractivity contribution is 5.94. The molecule has 0 saturated heterocycles. The third-order valence-electron chi connectivity index (χ3n) is 3.68. The van der Waals surface area contributed by atoms with Crippen molar-refractivity contribution in [2.75, 3.05) is 0 Å². The van der Waals surface area contributed by atoms with Gasteiger partial charge in [0.05, 0.1) is 0 Å². The van der Waals surface area contributed by atoms with Crippen LogP contribution in [0.2, 0.25) is 0 Å². The first-order chi connectivity index (χ1) is 12.6. The molecule has 2 aromatic carbocycles. The average Bonchev–Trinajstić information content (AvgIpc) is 2.68. The molecule has 0 radical (unpaired) electrons. The summed E-state index contributed by atoms with van der Waals surface area (Å²) >= 11 is 0. The van der Waals surface area contributed by atoms with Crippen LogP contribution < -0.4 is 10.1 Å². The van der Waals surface area contributed by atoms with Gasteiger partial charge in [0.25, 0.3) is 5.91 Å². The second-order valence-electron chi connectivity index (χ2n) is 5.61. The minimum Gasteiger partial charge on any atom is -0.489 e. The largest absolute Gasteiger partial charge is 0.489 e. The lowest BCUT2D eigenvalue weighted by molar-refractivity contribution is 0.0951. The first-order valence-corrected chi connectivity index (χ1v) is 7.96. The topological polar surface area (TPSA) is 51.2 Å². The van der Waals surface area contributed by atoms with Crippen LogP contribution in [-0.4, -0.2) is 10.9 Å². The monoisotopic (exact) mass is 354 g/mol. The molecular formula is C20H16F2N2O2. The Kier molecular flexibility index (Phi) is 5.53. The van der Waals surface area contributed by atoms with Gasteiger partial charge in [0.15, 0.2) is 11.6 Å². The molecule has 0 bridgehead atoms. The lowest BCUT2D eigenvalue weighted by atomic mass is 10.2. The Bertz CT molecular complexity index is 884. The van der Waals surface area contributed by atoms with Crippen LogP contribution in [0, 0.1) is 11.6 Å². The fraction of sp³-hybridized carbons (Fsp3) is 0.100. The van der Waals surface area contributed by atoms with E-state index in [2.05, 4.69) is 10.3 Å². The van der Waals surface area contributed by atoms with Crippen molar-refractivity contribution in [1.29, 1.82) is 0 Å². The SMILES string of the molecule is O=C(NCc1cccnc1)c1ccc(OCc2ccc(F)c(F)c2)cc1. The molecule has 1 heterocycles. The summed E-state index contributed by atoms with van der Waals surface area (Å²) in [5.74, 6) is -1.48. The minimum absolute atomic E-state index is 0.101. The van der Waals surface area contributed by atoms with Crippen molar-refractivity contribution in [1.82, 2.24) is 10.3 Å². The number of benzene rings is 2. The molecule has 6 heteroatoms. The van der Waals surface area contributed by atoms with Crippen molar-refractivity contribution in [3.8, 4) is 5.75 Å². The Morgan fingerprint density at radius 3 is 2.50 bits per heavy atom. The van der Waals surface area contributed by atoms with Crippen molar-refractivity contribution < 1.29 is 18.3 Å². The zero-order valence-corrected chi connectivity index (χ0v) is 13.8. The zero-order chi connectivity index (χ0) is 18.4. The highest BCUT2D eigenvalue weighted by Crippen LogP contribution is 2.16. The summed E-state index contributed by atoms with van der Waals surface area (Å²) in [6.07, 6.45) is 3.36. The van der Waals surface area contributed by atoms with Crippen molar-refractivity contribution in [2.45, 2.75) is 13.2 Å². The summed E-state index contributed by atoms with van der Waals surface area (Å²) in [7, 11) is 0. The molecule has 26 heavy (non-hydrogen) atoms. The van der Waals surface area contributed by atoms with E-state index in [9.17, 15) is 13.6 Å². The third-order valence-corrected chi connectivity index (χ3v) is 3.68. The molecule has 1 aromatic heterocycles. The number of aromatic nitrogens is 1. The van der Waals surface area contributed by atoms with E-state index < -0.39 is 11.6 Å². The van der Waals surface area contributed by atoms with Crippen molar-refractivity contribution in [3.05, 3.63) is 95.3 Å². The second-order valence-corrected chi connectivity index (χ2v) is 5.61. The quantitative estimate of drug-likeness (QED) is 0.731. The van der Waals surface area contributed by atoms with Crippen molar-refractivity contribution >= 4 is 5.91 Å². The van der Waals surface area contributed by atoms with Crippen LogP contribution in [0.5, 0.6) is 5.75 Å². The summed E-state index contributed by atoms with van der Waals surface area (Å²) < 4.78 is 31.6. The maximum atomic E-state index is 13.2. The number of amides is 1. The zero-order valence-electron chi connectivity index (χ0n) is 13.8. The van der Waals surface area contributed by atoms with Gasteiger partial charge in [0, 0.05) is 24.5 Å². The summed E-state index contributed by atoms with van der Waals surface area (Å²) in [4.78, 5) is 16.1. The fourth-order valence-corrected chi connectivity index (χ4v) is 2.29. The first kappa shape index (κ1) is 17.5. The van der Waals surface area contributed by atoms with Gasteiger partial charge in [-0.05, 0) is 53.6 Å².